The highest BCUT2D eigenvalue weighted by Gasteiger charge is 2.42. The number of rotatable bonds is 4. The van der Waals surface area contributed by atoms with Gasteiger partial charge in [-0.15, -0.1) is 0 Å². The van der Waals surface area contributed by atoms with E-state index in [1.54, 1.807) is 29.2 Å². The number of amides is 1. The molecular formula is C18H27N3O4S. The van der Waals surface area contributed by atoms with Crippen LogP contribution in [0.5, 0.6) is 0 Å². The maximum Gasteiger partial charge on any atom is 0.243 e. The maximum atomic E-state index is 13.0. The summed E-state index contributed by atoms with van der Waals surface area (Å²) in [5.41, 5.74) is 6.38. The lowest BCUT2D eigenvalue weighted by atomic mass is 9.78. The van der Waals surface area contributed by atoms with Crippen molar-refractivity contribution in [1.82, 2.24) is 9.21 Å². The van der Waals surface area contributed by atoms with Gasteiger partial charge in [-0.2, -0.15) is 4.31 Å². The molecule has 1 aromatic rings. The van der Waals surface area contributed by atoms with E-state index in [2.05, 4.69) is 0 Å². The smallest absolute Gasteiger partial charge is 0.243 e. The molecule has 1 aromatic carbocycles. The molecule has 0 spiro atoms. The first-order valence-electron chi connectivity index (χ1n) is 9.03. The normalized spacial score (nSPS) is 21.5. The molecule has 2 N–H and O–H groups in total. The Morgan fingerprint density at radius 3 is 2.23 bits per heavy atom. The number of ether oxygens (including phenoxy) is 1. The zero-order chi connectivity index (χ0) is 18.8. The summed E-state index contributed by atoms with van der Waals surface area (Å²) >= 11 is 0. The molecule has 2 saturated heterocycles. The van der Waals surface area contributed by atoms with Crippen molar-refractivity contribution in [1.29, 1.82) is 0 Å². The minimum absolute atomic E-state index is 0.0377. The Labute approximate surface area is 155 Å². The minimum atomic E-state index is -3.52. The monoisotopic (exact) mass is 381 g/mol. The Morgan fingerprint density at radius 1 is 1.12 bits per heavy atom. The molecule has 0 atom stereocenters. The van der Waals surface area contributed by atoms with Gasteiger partial charge in [0.2, 0.25) is 15.9 Å². The van der Waals surface area contributed by atoms with Crippen molar-refractivity contribution < 1.29 is 17.9 Å². The van der Waals surface area contributed by atoms with Gasteiger partial charge in [-0.1, -0.05) is 17.7 Å². The molecule has 2 heterocycles. The van der Waals surface area contributed by atoms with Crippen LogP contribution in [0, 0.1) is 12.3 Å². The first kappa shape index (κ1) is 19.3. The van der Waals surface area contributed by atoms with Crippen LogP contribution in [0.1, 0.15) is 18.4 Å². The van der Waals surface area contributed by atoms with E-state index in [9.17, 15) is 13.2 Å². The average Bonchev–Trinajstić information content (AvgIpc) is 2.68. The molecule has 0 bridgehead atoms. The van der Waals surface area contributed by atoms with Crippen molar-refractivity contribution in [2.24, 2.45) is 11.1 Å². The first-order chi connectivity index (χ1) is 12.4. The van der Waals surface area contributed by atoms with Crippen molar-refractivity contribution in [3.8, 4) is 0 Å². The van der Waals surface area contributed by atoms with Crippen LogP contribution in [0.2, 0.25) is 0 Å². The van der Waals surface area contributed by atoms with Crippen LogP contribution in [0.4, 0.5) is 0 Å². The summed E-state index contributed by atoms with van der Waals surface area (Å²) in [6, 6.07) is 6.85. The van der Waals surface area contributed by atoms with E-state index in [0.717, 1.165) is 5.56 Å². The van der Waals surface area contributed by atoms with E-state index in [1.807, 2.05) is 6.92 Å². The Hall–Kier alpha value is -1.48. The SMILES string of the molecule is Cc1ccc(S(=O)(=O)N2CCN(C(=O)C3(CN)CCOCC3)CC2)cc1. The lowest BCUT2D eigenvalue weighted by molar-refractivity contribution is -0.148. The quantitative estimate of drug-likeness (QED) is 0.824. The van der Waals surface area contributed by atoms with Crippen LogP contribution in [0.15, 0.2) is 29.2 Å². The van der Waals surface area contributed by atoms with Crippen molar-refractivity contribution in [2.45, 2.75) is 24.7 Å². The molecule has 1 amide bonds. The zero-order valence-electron chi connectivity index (χ0n) is 15.2. The minimum Gasteiger partial charge on any atom is -0.381 e. The highest BCUT2D eigenvalue weighted by Crippen LogP contribution is 2.32. The summed E-state index contributed by atoms with van der Waals surface area (Å²) in [5.74, 6) is 0.0377. The van der Waals surface area contributed by atoms with Crippen LogP contribution < -0.4 is 5.73 Å². The van der Waals surface area contributed by atoms with Gasteiger partial charge in [0.1, 0.15) is 0 Å². The molecule has 0 aromatic heterocycles. The van der Waals surface area contributed by atoms with Gasteiger partial charge in [-0.25, -0.2) is 8.42 Å². The van der Waals surface area contributed by atoms with E-state index in [0.29, 0.717) is 63.7 Å². The van der Waals surface area contributed by atoms with E-state index < -0.39 is 15.4 Å². The summed E-state index contributed by atoms with van der Waals surface area (Å²) in [6.45, 7) is 4.72. The van der Waals surface area contributed by atoms with Gasteiger partial charge in [0.05, 0.1) is 10.3 Å². The molecule has 144 valence electrons. The number of sulfonamides is 1. The summed E-state index contributed by atoms with van der Waals surface area (Å²) in [5, 5.41) is 0. The summed E-state index contributed by atoms with van der Waals surface area (Å²) in [4.78, 5) is 15.1. The Bertz CT molecular complexity index is 734. The van der Waals surface area contributed by atoms with E-state index in [4.69, 9.17) is 10.5 Å². The maximum absolute atomic E-state index is 13.0. The second-order valence-electron chi connectivity index (χ2n) is 7.11. The second kappa shape index (κ2) is 7.64. The molecule has 2 fully saturated rings. The summed E-state index contributed by atoms with van der Waals surface area (Å²) in [7, 11) is -3.52. The van der Waals surface area contributed by atoms with Crippen LogP contribution in [0.3, 0.4) is 0 Å². The number of hydrogen-bond acceptors (Lipinski definition) is 5. The number of benzene rings is 1. The number of carbonyl (C=O) groups excluding carboxylic acids is 1. The van der Waals surface area contributed by atoms with Crippen molar-refractivity contribution >= 4 is 15.9 Å². The third-order valence-corrected chi connectivity index (χ3v) is 7.39. The van der Waals surface area contributed by atoms with E-state index in [-0.39, 0.29) is 5.91 Å². The van der Waals surface area contributed by atoms with Gasteiger partial charge >= 0.3 is 0 Å². The summed E-state index contributed by atoms with van der Waals surface area (Å²) < 4.78 is 32.4. The fourth-order valence-electron chi connectivity index (χ4n) is 3.59. The Morgan fingerprint density at radius 2 is 1.69 bits per heavy atom. The third-order valence-electron chi connectivity index (χ3n) is 5.48. The standard InChI is InChI=1S/C18H27N3O4S/c1-15-2-4-16(5-3-15)26(23,24)21-10-8-20(9-11-21)17(22)18(14-19)6-12-25-13-7-18/h2-5H,6-14,19H2,1H3. The number of aryl methyl sites for hydroxylation is 1. The molecule has 0 aliphatic carbocycles. The molecule has 7 nitrogen and oxygen atoms in total. The summed E-state index contributed by atoms with van der Waals surface area (Å²) in [6.07, 6.45) is 1.26. The number of nitrogens with two attached hydrogens (primary N) is 1. The zero-order valence-corrected chi connectivity index (χ0v) is 16.0. The van der Waals surface area contributed by atoms with Crippen LogP contribution in [0.25, 0.3) is 0 Å². The molecule has 2 aliphatic heterocycles. The molecule has 8 heteroatoms. The van der Waals surface area contributed by atoms with Crippen molar-refractivity contribution in [2.75, 3.05) is 45.9 Å². The molecule has 0 radical (unpaired) electrons. The van der Waals surface area contributed by atoms with Crippen LogP contribution in [-0.2, 0) is 19.6 Å². The highest BCUT2D eigenvalue weighted by atomic mass is 32.2. The molecule has 0 saturated carbocycles. The van der Waals surface area contributed by atoms with Gasteiger partial charge in [0, 0.05) is 45.9 Å². The predicted octanol–water partition coefficient (Wildman–Crippen LogP) is 0.583. The molecule has 26 heavy (non-hydrogen) atoms. The van der Waals surface area contributed by atoms with Gasteiger partial charge in [-0.05, 0) is 31.9 Å². The fourth-order valence-corrected chi connectivity index (χ4v) is 5.02. The van der Waals surface area contributed by atoms with Crippen LogP contribution >= 0.6 is 0 Å². The second-order valence-corrected chi connectivity index (χ2v) is 9.04. The number of piperazine rings is 1. The largest absolute Gasteiger partial charge is 0.381 e. The van der Waals surface area contributed by atoms with E-state index in [1.165, 1.54) is 4.31 Å². The first-order valence-corrected chi connectivity index (χ1v) is 10.5. The van der Waals surface area contributed by atoms with Crippen LogP contribution in [-0.4, -0.2) is 69.5 Å². The van der Waals surface area contributed by atoms with Crippen molar-refractivity contribution in [3.05, 3.63) is 29.8 Å². The fraction of sp³-hybridized carbons (Fsp3) is 0.611. The van der Waals surface area contributed by atoms with Crippen molar-refractivity contribution in [3.63, 3.8) is 0 Å². The highest BCUT2D eigenvalue weighted by molar-refractivity contribution is 7.89. The molecule has 2 aliphatic rings. The lowest BCUT2D eigenvalue weighted by Gasteiger charge is -2.42. The Balaban J connectivity index is 1.67. The molecule has 3 rings (SSSR count). The lowest BCUT2D eigenvalue weighted by Crippen LogP contribution is -2.57. The van der Waals surface area contributed by atoms with Gasteiger partial charge in [-0.3, -0.25) is 4.79 Å². The Kier molecular flexibility index (Phi) is 5.67. The molecule has 0 unspecified atom stereocenters. The van der Waals surface area contributed by atoms with Gasteiger partial charge < -0.3 is 15.4 Å². The van der Waals surface area contributed by atoms with E-state index >= 15 is 0 Å². The average molecular weight is 381 g/mol. The molecular weight excluding hydrogens is 354 g/mol. The number of nitrogens with zero attached hydrogens (tertiary/aromatic N) is 2. The van der Waals surface area contributed by atoms with Gasteiger partial charge in [0.25, 0.3) is 0 Å². The van der Waals surface area contributed by atoms with Gasteiger partial charge in [0.15, 0.2) is 0 Å². The predicted molar refractivity (Wildman–Crippen MR) is 98.1 cm³/mol. The number of hydrogen-bond donors (Lipinski definition) is 1. The third kappa shape index (κ3) is 3.64. The number of carbonyl (C=O) groups is 1. The topological polar surface area (TPSA) is 92.9 Å².